The van der Waals surface area contributed by atoms with Gasteiger partial charge in [0.2, 0.25) is 0 Å². The van der Waals surface area contributed by atoms with Gasteiger partial charge in [-0.25, -0.2) is 0 Å². The lowest BCUT2D eigenvalue weighted by Crippen LogP contribution is -2.31. The number of ether oxygens (including phenoxy) is 2. The van der Waals surface area contributed by atoms with E-state index in [1.807, 2.05) is 63.4 Å². The molecule has 134 valence electrons. The summed E-state index contributed by atoms with van der Waals surface area (Å²) in [7, 11) is 1.85. The van der Waals surface area contributed by atoms with E-state index in [0.29, 0.717) is 18.0 Å². The Morgan fingerprint density at radius 3 is 2.85 bits per heavy atom. The number of benzene rings is 2. The van der Waals surface area contributed by atoms with E-state index in [0.717, 1.165) is 22.2 Å². The second-order valence-corrected chi connectivity index (χ2v) is 6.70. The number of hydrogen-bond donors (Lipinski definition) is 1. The van der Waals surface area contributed by atoms with Gasteiger partial charge in [0, 0.05) is 13.5 Å². The van der Waals surface area contributed by atoms with E-state index in [1.165, 1.54) is 0 Å². The van der Waals surface area contributed by atoms with Crippen LogP contribution >= 0.6 is 0 Å². The molecule has 1 aliphatic rings. The van der Waals surface area contributed by atoms with Crippen molar-refractivity contribution in [2.75, 3.05) is 5.32 Å². The van der Waals surface area contributed by atoms with Crippen LogP contribution in [-0.2, 0) is 18.3 Å². The number of aromatic nitrogens is 2. The molecule has 2 aromatic carbocycles. The number of carbonyl (C=O) groups excluding carboxylic acids is 1. The molecule has 6 nitrogen and oxygen atoms in total. The number of anilines is 1. The fraction of sp³-hybridized carbons (Fsp3) is 0.300. The Morgan fingerprint density at radius 2 is 2.08 bits per heavy atom. The molecule has 1 N–H and O–H groups in total. The van der Waals surface area contributed by atoms with E-state index < -0.39 is 6.10 Å². The van der Waals surface area contributed by atoms with Crippen molar-refractivity contribution in [3.8, 4) is 11.5 Å². The molecule has 3 aromatic rings. The normalized spacial score (nSPS) is 15.8. The predicted octanol–water partition coefficient (Wildman–Crippen LogP) is 3.30. The molecule has 1 atom stereocenters. The van der Waals surface area contributed by atoms with E-state index in [-0.39, 0.29) is 12.0 Å². The van der Waals surface area contributed by atoms with Gasteiger partial charge in [-0.3, -0.25) is 9.48 Å². The second-order valence-electron chi connectivity index (χ2n) is 6.70. The number of carbonyl (C=O) groups is 1. The lowest BCUT2D eigenvalue weighted by atomic mass is 10.1. The fourth-order valence-electron chi connectivity index (χ4n) is 3.25. The van der Waals surface area contributed by atoms with Crippen LogP contribution in [0.3, 0.4) is 0 Å². The van der Waals surface area contributed by atoms with E-state index in [9.17, 15) is 4.79 Å². The fourth-order valence-corrected chi connectivity index (χ4v) is 3.25. The first kappa shape index (κ1) is 16.4. The predicted molar refractivity (Wildman–Crippen MR) is 99.7 cm³/mol. The van der Waals surface area contributed by atoms with E-state index in [4.69, 9.17) is 9.47 Å². The van der Waals surface area contributed by atoms with Gasteiger partial charge in [0.25, 0.3) is 5.91 Å². The largest absolute Gasteiger partial charge is 0.490 e. The number of amides is 1. The van der Waals surface area contributed by atoms with Crippen LogP contribution < -0.4 is 14.8 Å². The quantitative estimate of drug-likeness (QED) is 0.783. The topological polar surface area (TPSA) is 65.4 Å². The standard InChI is InChI=1S/C20H21N3O3/c1-12(2)25-16-10-6-8-14-18(16)19(22-23(14)3)21-20(24)17-11-13-7-4-5-9-15(13)26-17/h4-10,12,17H,11H2,1-3H3,(H,21,22,24)/t17-/m0/s1. The molecular formula is C20H21N3O3. The zero-order valence-corrected chi connectivity index (χ0v) is 15.0. The van der Waals surface area contributed by atoms with Gasteiger partial charge in [0.1, 0.15) is 11.5 Å². The monoisotopic (exact) mass is 351 g/mol. The average Bonchev–Trinajstić information content (AvgIpc) is 3.17. The molecule has 0 fully saturated rings. The summed E-state index contributed by atoms with van der Waals surface area (Å²) in [5.41, 5.74) is 1.94. The molecule has 1 aromatic heterocycles. The van der Waals surface area contributed by atoms with Gasteiger partial charge in [0.15, 0.2) is 11.9 Å². The van der Waals surface area contributed by atoms with Crippen LogP contribution in [0.5, 0.6) is 11.5 Å². The lowest BCUT2D eigenvalue weighted by molar-refractivity contribution is -0.122. The van der Waals surface area contributed by atoms with Crippen molar-refractivity contribution in [2.45, 2.75) is 32.5 Å². The number of fused-ring (bicyclic) bond motifs is 2. The molecule has 4 rings (SSSR count). The van der Waals surface area contributed by atoms with Crippen LogP contribution in [0, 0.1) is 0 Å². The highest BCUT2D eigenvalue weighted by Crippen LogP contribution is 2.33. The van der Waals surface area contributed by atoms with Gasteiger partial charge in [-0.15, -0.1) is 0 Å². The van der Waals surface area contributed by atoms with E-state index >= 15 is 0 Å². The number of aryl methyl sites for hydroxylation is 1. The zero-order chi connectivity index (χ0) is 18.3. The third-order valence-electron chi connectivity index (χ3n) is 4.38. The van der Waals surface area contributed by atoms with Crippen LogP contribution in [-0.4, -0.2) is 27.9 Å². The van der Waals surface area contributed by atoms with Crippen molar-refractivity contribution in [1.29, 1.82) is 0 Å². The molecule has 26 heavy (non-hydrogen) atoms. The summed E-state index contributed by atoms with van der Waals surface area (Å²) in [6.45, 7) is 3.94. The molecule has 6 heteroatoms. The molecule has 0 spiro atoms. The average molecular weight is 351 g/mol. The number of nitrogens with zero attached hydrogens (tertiary/aromatic N) is 2. The third-order valence-corrected chi connectivity index (χ3v) is 4.38. The highest BCUT2D eigenvalue weighted by molar-refractivity contribution is 6.04. The van der Waals surface area contributed by atoms with Crippen molar-refractivity contribution >= 4 is 22.6 Å². The van der Waals surface area contributed by atoms with Gasteiger partial charge in [-0.05, 0) is 37.6 Å². The minimum atomic E-state index is -0.553. The molecule has 0 aliphatic carbocycles. The number of nitrogens with one attached hydrogen (secondary N) is 1. The number of rotatable bonds is 4. The lowest BCUT2D eigenvalue weighted by Gasteiger charge is -2.13. The molecule has 2 heterocycles. The second kappa shape index (κ2) is 6.37. The van der Waals surface area contributed by atoms with E-state index in [1.54, 1.807) is 4.68 Å². The van der Waals surface area contributed by atoms with Gasteiger partial charge in [0.05, 0.1) is 17.0 Å². The Kier molecular flexibility index (Phi) is 4.03. The Labute approximate surface area is 151 Å². The van der Waals surface area contributed by atoms with Crippen molar-refractivity contribution < 1.29 is 14.3 Å². The Morgan fingerprint density at radius 1 is 1.27 bits per heavy atom. The highest BCUT2D eigenvalue weighted by atomic mass is 16.5. The van der Waals surface area contributed by atoms with Crippen LogP contribution in [0.2, 0.25) is 0 Å². The minimum absolute atomic E-state index is 0.0250. The molecule has 0 radical (unpaired) electrons. The first-order chi connectivity index (χ1) is 12.5. The molecule has 0 unspecified atom stereocenters. The van der Waals surface area contributed by atoms with Crippen molar-refractivity contribution in [2.24, 2.45) is 7.05 Å². The maximum Gasteiger partial charge on any atom is 0.267 e. The molecule has 0 saturated carbocycles. The molecule has 0 saturated heterocycles. The van der Waals surface area contributed by atoms with Crippen LogP contribution in [0.1, 0.15) is 19.4 Å². The Bertz CT molecular complexity index is 953. The number of hydrogen-bond acceptors (Lipinski definition) is 4. The van der Waals surface area contributed by atoms with Gasteiger partial charge < -0.3 is 14.8 Å². The Hall–Kier alpha value is -3.02. The first-order valence-corrected chi connectivity index (χ1v) is 8.70. The third kappa shape index (κ3) is 2.87. The summed E-state index contributed by atoms with van der Waals surface area (Å²) in [4.78, 5) is 12.7. The maximum atomic E-state index is 12.7. The summed E-state index contributed by atoms with van der Waals surface area (Å²) in [6, 6.07) is 13.5. The Balaban J connectivity index is 1.62. The smallest absolute Gasteiger partial charge is 0.267 e. The van der Waals surface area contributed by atoms with Crippen molar-refractivity contribution in [1.82, 2.24) is 9.78 Å². The van der Waals surface area contributed by atoms with Crippen LogP contribution in [0.25, 0.3) is 10.9 Å². The van der Waals surface area contributed by atoms with Crippen molar-refractivity contribution in [3.05, 3.63) is 48.0 Å². The SMILES string of the molecule is CC(C)Oc1cccc2c1c(NC(=O)[C@@H]1Cc3ccccc3O1)nn2C. The summed E-state index contributed by atoms with van der Waals surface area (Å²) >= 11 is 0. The van der Waals surface area contributed by atoms with Gasteiger partial charge in [-0.2, -0.15) is 5.10 Å². The maximum absolute atomic E-state index is 12.7. The van der Waals surface area contributed by atoms with E-state index in [2.05, 4.69) is 10.4 Å². The zero-order valence-electron chi connectivity index (χ0n) is 15.0. The molecule has 0 bridgehead atoms. The highest BCUT2D eigenvalue weighted by Gasteiger charge is 2.30. The summed E-state index contributed by atoms with van der Waals surface area (Å²) < 4.78 is 13.4. The molecule has 1 aliphatic heterocycles. The van der Waals surface area contributed by atoms with Gasteiger partial charge >= 0.3 is 0 Å². The summed E-state index contributed by atoms with van der Waals surface area (Å²) in [5.74, 6) is 1.75. The van der Waals surface area contributed by atoms with Crippen LogP contribution in [0.15, 0.2) is 42.5 Å². The molecule has 1 amide bonds. The number of para-hydroxylation sites is 1. The minimum Gasteiger partial charge on any atom is -0.490 e. The molecular weight excluding hydrogens is 330 g/mol. The van der Waals surface area contributed by atoms with Crippen molar-refractivity contribution in [3.63, 3.8) is 0 Å². The summed E-state index contributed by atoms with van der Waals surface area (Å²) in [6.07, 6.45) is 0.0296. The summed E-state index contributed by atoms with van der Waals surface area (Å²) in [5, 5.41) is 8.19. The van der Waals surface area contributed by atoms with Crippen LogP contribution in [0.4, 0.5) is 5.82 Å². The van der Waals surface area contributed by atoms with Gasteiger partial charge in [-0.1, -0.05) is 24.3 Å². The first-order valence-electron chi connectivity index (χ1n) is 8.70.